The standard InChI is InChI=1S/C15H12N2O3/c1-19-13-5-3-2-4-12(13)17-15(18)10-6-7-11-14(8-10)20-9-16-11/h2-9H,1H3,(H,17,18). The number of hydrogen-bond donors (Lipinski definition) is 1. The van der Waals surface area contributed by atoms with Crippen LogP contribution in [0.25, 0.3) is 11.1 Å². The number of methoxy groups -OCH3 is 1. The molecule has 1 heterocycles. The monoisotopic (exact) mass is 268 g/mol. The van der Waals surface area contributed by atoms with Gasteiger partial charge in [-0.05, 0) is 30.3 Å². The number of para-hydroxylation sites is 2. The molecule has 0 aliphatic heterocycles. The Bertz CT molecular complexity index is 764. The average molecular weight is 268 g/mol. The van der Waals surface area contributed by atoms with Crippen LogP contribution in [-0.4, -0.2) is 18.0 Å². The van der Waals surface area contributed by atoms with Crippen LogP contribution < -0.4 is 10.1 Å². The zero-order valence-electron chi connectivity index (χ0n) is 10.8. The zero-order chi connectivity index (χ0) is 13.9. The van der Waals surface area contributed by atoms with Crippen molar-refractivity contribution in [3.8, 4) is 5.75 Å². The molecule has 0 bridgehead atoms. The van der Waals surface area contributed by atoms with Gasteiger partial charge in [-0.3, -0.25) is 4.79 Å². The summed E-state index contributed by atoms with van der Waals surface area (Å²) in [5, 5.41) is 2.81. The molecule has 0 unspecified atom stereocenters. The number of fused-ring (bicyclic) bond motifs is 1. The van der Waals surface area contributed by atoms with Gasteiger partial charge >= 0.3 is 0 Å². The Morgan fingerprint density at radius 1 is 1.25 bits per heavy atom. The summed E-state index contributed by atoms with van der Waals surface area (Å²) >= 11 is 0. The summed E-state index contributed by atoms with van der Waals surface area (Å²) in [4.78, 5) is 16.2. The first-order chi connectivity index (χ1) is 9.78. The van der Waals surface area contributed by atoms with Crippen LogP contribution in [0.2, 0.25) is 0 Å². The van der Waals surface area contributed by atoms with Crippen LogP contribution in [0, 0.1) is 0 Å². The Kier molecular flexibility index (Phi) is 3.09. The lowest BCUT2D eigenvalue weighted by Crippen LogP contribution is -2.12. The van der Waals surface area contributed by atoms with Gasteiger partial charge in [0.1, 0.15) is 11.3 Å². The van der Waals surface area contributed by atoms with E-state index in [1.54, 1.807) is 37.4 Å². The number of oxazole rings is 1. The Labute approximate surface area is 115 Å². The molecular formula is C15H12N2O3. The lowest BCUT2D eigenvalue weighted by Gasteiger charge is -2.09. The van der Waals surface area contributed by atoms with Crippen LogP contribution in [0.1, 0.15) is 10.4 Å². The van der Waals surface area contributed by atoms with Gasteiger partial charge in [0.05, 0.1) is 12.8 Å². The molecule has 0 saturated heterocycles. The van der Waals surface area contributed by atoms with E-state index in [-0.39, 0.29) is 5.91 Å². The van der Waals surface area contributed by atoms with Gasteiger partial charge in [-0.1, -0.05) is 12.1 Å². The number of aromatic nitrogens is 1. The second kappa shape index (κ2) is 5.05. The smallest absolute Gasteiger partial charge is 0.255 e. The number of carbonyl (C=O) groups excluding carboxylic acids is 1. The quantitative estimate of drug-likeness (QED) is 0.792. The van der Waals surface area contributed by atoms with Crippen molar-refractivity contribution in [2.24, 2.45) is 0 Å². The maximum atomic E-state index is 12.2. The Hall–Kier alpha value is -2.82. The second-order valence-corrected chi connectivity index (χ2v) is 4.19. The fraction of sp³-hybridized carbons (Fsp3) is 0.0667. The van der Waals surface area contributed by atoms with Gasteiger partial charge in [-0.25, -0.2) is 4.98 Å². The molecule has 0 spiro atoms. The van der Waals surface area contributed by atoms with E-state index in [4.69, 9.17) is 9.15 Å². The van der Waals surface area contributed by atoms with Crippen molar-refractivity contribution >= 4 is 22.7 Å². The molecule has 0 radical (unpaired) electrons. The third-order valence-electron chi connectivity index (χ3n) is 2.95. The van der Waals surface area contributed by atoms with Crippen LogP contribution in [0.3, 0.4) is 0 Å². The number of hydrogen-bond acceptors (Lipinski definition) is 4. The van der Waals surface area contributed by atoms with E-state index in [0.29, 0.717) is 22.6 Å². The van der Waals surface area contributed by atoms with Crippen molar-refractivity contribution in [3.63, 3.8) is 0 Å². The molecule has 0 fully saturated rings. The number of nitrogens with one attached hydrogen (secondary N) is 1. The van der Waals surface area contributed by atoms with Crippen LogP contribution in [0.4, 0.5) is 5.69 Å². The van der Waals surface area contributed by atoms with E-state index in [9.17, 15) is 4.79 Å². The van der Waals surface area contributed by atoms with Crippen molar-refractivity contribution in [2.45, 2.75) is 0 Å². The van der Waals surface area contributed by atoms with Crippen molar-refractivity contribution in [1.82, 2.24) is 4.98 Å². The molecule has 100 valence electrons. The Morgan fingerprint density at radius 3 is 2.95 bits per heavy atom. The van der Waals surface area contributed by atoms with Gasteiger partial charge in [0.2, 0.25) is 0 Å². The molecule has 0 aliphatic carbocycles. The lowest BCUT2D eigenvalue weighted by molar-refractivity contribution is 0.102. The molecule has 1 N–H and O–H groups in total. The van der Waals surface area contributed by atoms with Crippen molar-refractivity contribution in [2.75, 3.05) is 12.4 Å². The molecule has 3 aromatic rings. The molecule has 2 aromatic carbocycles. The minimum Gasteiger partial charge on any atom is -0.495 e. The minimum absolute atomic E-state index is 0.229. The van der Waals surface area contributed by atoms with Crippen LogP contribution in [0.15, 0.2) is 53.3 Å². The molecule has 0 aliphatic rings. The van der Waals surface area contributed by atoms with Crippen molar-refractivity contribution in [1.29, 1.82) is 0 Å². The van der Waals surface area contributed by atoms with E-state index in [0.717, 1.165) is 5.52 Å². The predicted molar refractivity (Wildman–Crippen MR) is 75.0 cm³/mol. The van der Waals surface area contributed by atoms with Gasteiger partial charge in [-0.2, -0.15) is 0 Å². The largest absolute Gasteiger partial charge is 0.495 e. The summed E-state index contributed by atoms with van der Waals surface area (Å²) in [5.74, 6) is 0.384. The van der Waals surface area contributed by atoms with E-state index in [1.807, 2.05) is 12.1 Å². The van der Waals surface area contributed by atoms with Crippen LogP contribution in [0.5, 0.6) is 5.75 Å². The third-order valence-corrected chi connectivity index (χ3v) is 2.95. The summed E-state index contributed by atoms with van der Waals surface area (Å²) in [6.45, 7) is 0. The SMILES string of the molecule is COc1ccccc1NC(=O)c1ccc2ncoc2c1. The first kappa shape index (κ1) is 12.2. The summed E-state index contributed by atoms with van der Waals surface area (Å²) in [7, 11) is 1.56. The highest BCUT2D eigenvalue weighted by molar-refractivity contribution is 6.06. The molecule has 0 atom stereocenters. The van der Waals surface area contributed by atoms with Gasteiger partial charge in [0, 0.05) is 5.56 Å². The number of carbonyl (C=O) groups is 1. The summed E-state index contributed by atoms with van der Waals surface area (Å²) in [6, 6.07) is 12.4. The van der Waals surface area contributed by atoms with E-state index in [2.05, 4.69) is 10.3 Å². The molecule has 0 saturated carbocycles. The normalized spacial score (nSPS) is 10.4. The van der Waals surface area contributed by atoms with E-state index in [1.165, 1.54) is 6.39 Å². The first-order valence-electron chi connectivity index (χ1n) is 6.05. The third kappa shape index (κ3) is 2.21. The van der Waals surface area contributed by atoms with Gasteiger partial charge in [0.15, 0.2) is 12.0 Å². The van der Waals surface area contributed by atoms with Crippen molar-refractivity contribution < 1.29 is 13.9 Å². The Balaban J connectivity index is 1.88. The van der Waals surface area contributed by atoms with Crippen LogP contribution in [-0.2, 0) is 0 Å². The van der Waals surface area contributed by atoms with Gasteiger partial charge in [-0.15, -0.1) is 0 Å². The van der Waals surface area contributed by atoms with Gasteiger partial charge < -0.3 is 14.5 Å². The molecule has 3 rings (SSSR count). The fourth-order valence-electron chi connectivity index (χ4n) is 1.94. The number of benzene rings is 2. The molecule has 5 nitrogen and oxygen atoms in total. The van der Waals surface area contributed by atoms with E-state index < -0.39 is 0 Å². The highest BCUT2D eigenvalue weighted by Crippen LogP contribution is 2.24. The zero-order valence-corrected chi connectivity index (χ0v) is 10.8. The fourth-order valence-corrected chi connectivity index (χ4v) is 1.94. The van der Waals surface area contributed by atoms with Crippen molar-refractivity contribution in [3.05, 3.63) is 54.4 Å². The van der Waals surface area contributed by atoms with Gasteiger partial charge in [0.25, 0.3) is 5.91 Å². The minimum atomic E-state index is -0.229. The van der Waals surface area contributed by atoms with Crippen LogP contribution >= 0.6 is 0 Å². The highest BCUT2D eigenvalue weighted by atomic mass is 16.5. The maximum Gasteiger partial charge on any atom is 0.255 e. The molecule has 1 aromatic heterocycles. The number of amides is 1. The average Bonchev–Trinajstić information content (AvgIpc) is 2.95. The Morgan fingerprint density at radius 2 is 2.10 bits per heavy atom. The number of nitrogens with zero attached hydrogens (tertiary/aromatic N) is 1. The maximum absolute atomic E-state index is 12.2. The highest BCUT2D eigenvalue weighted by Gasteiger charge is 2.11. The number of rotatable bonds is 3. The summed E-state index contributed by atoms with van der Waals surface area (Å²) in [5.41, 5.74) is 2.43. The first-order valence-corrected chi connectivity index (χ1v) is 6.05. The summed E-state index contributed by atoms with van der Waals surface area (Å²) in [6.07, 6.45) is 1.35. The number of anilines is 1. The topological polar surface area (TPSA) is 64.4 Å². The lowest BCUT2D eigenvalue weighted by atomic mass is 10.2. The second-order valence-electron chi connectivity index (χ2n) is 4.19. The predicted octanol–water partition coefficient (Wildman–Crippen LogP) is 3.09. The molecule has 20 heavy (non-hydrogen) atoms. The molecular weight excluding hydrogens is 256 g/mol. The summed E-state index contributed by atoms with van der Waals surface area (Å²) < 4.78 is 10.4. The number of ether oxygens (including phenoxy) is 1. The van der Waals surface area contributed by atoms with E-state index >= 15 is 0 Å². The molecule has 5 heteroatoms. The molecule has 1 amide bonds.